The highest BCUT2D eigenvalue weighted by molar-refractivity contribution is 5.88. The molecule has 4 saturated carbocycles. The fraction of sp³-hybridized carbons (Fsp3) is 0.464. The zero-order valence-corrected chi connectivity index (χ0v) is 19.0. The molecular formula is C28H32O4. The van der Waals surface area contributed by atoms with E-state index >= 15 is 0 Å². The SMILES string of the molecule is CCOC(=O)C=Cc1cc(-c2ccc(O)c(C34CC5CC(CC(C5)C3)C4)c2)ccc1OC. The molecule has 4 bridgehead atoms. The number of carbonyl (C=O) groups is 1. The van der Waals surface area contributed by atoms with Gasteiger partial charge in [-0.3, -0.25) is 0 Å². The average molecular weight is 433 g/mol. The molecule has 6 rings (SSSR count). The maximum atomic E-state index is 11.8. The number of phenols is 1. The highest BCUT2D eigenvalue weighted by atomic mass is 16.5. The summed E-state index contributed by atoms with van der Waals surface area (Å²) < 4.78 is 10.5. The molecule has 4 nitrogen and oxygen atoms in total. The number of carbonyl (C=O) groups excluding carboxylic acids is 1. The molecule has 2 aromatic rings. The maximum absolute atomic E-state index is 11.8. The molecule has 0 unspecified atom stereocenters. The molecule has 32 heavy (non-hydrogen) atoms. The molecule has 168 valence electrons. The normalized spacial score (nSPS) is 28.2. The van der Waals surface area contributed by atoms with Crippen molar-refractivity contribution in [2.24, 2.45) is 17.8 Å². The first-order valence-corrected chi connectivity index (χ1v) is 11.9. The summed E-state index contributed by atoms with van der Waals surface area (Å²) in [7, 11) is 1.63. The summed E-state index contributed by atoms with van der Waals surface area (Å²) in [5.74, 6) is 3.24. The Balaban J connectivity index is 1.50. The summed E-state index contributed by atoms with van der Waals surface area (Å²) in [6.45, 7) is 2.14. The van der Waals surface area contributed by atoms with E-state index < -0.39 is 0 Å². The largest absolute Gasteiger partial charge is 0.508 e. The monoisotopic (exact) mass is 432 g/mol. The van der Waals surface area contributed by atoms with E-state index in [0.29, 0.717) is 18.1 Å². The Hall–Kier alpha value is -2.75. The van der Waals surface area contributed by atoms with Crippen molar-refractivity contribution in [2.75, 3.05) is 13.7 Å². The second-order valence-electron chi connectivity index (χ2n) is 9.97. The second-order valence-corrected chi connectivity index (χ2v) is 9.97. The fourth-order valence-electron chi connectivity index (χ4n) is 6.97. The Morgan fingerprint density at radius 2 is 1.66 bits per heavy atom. The minimum Gasteiger partial charge on any atom is -0.508 e. The molecule has 0 amide bonds. The van der Waals surface area contributed by atoms with Gasteiger partial charge in [0, 0.05) is 17.2 Å². The third kappa shape index (κ3) is 3.80. The van der Waals surface area contributed by atoms with Crippen molar-refractivity contribution in [3.63, 3.8) is 0 Å². The predicted molar refractivity (Wildman–Crippen MR) is 126 cm³/mol. The van der Waals surface area contributed by atoms with Crippen molar-refractivity contribution < 1.29 is 19.4 Å². The van der Waals surface area contributed by atoms with Crippen LogP contribution in [0.4, 0.5) is 0 Å². The molecule has 0 radical (unpaired) electrons. The van der Waals surface area contributed by atoms with Crippen LogP contribution in [0.3, 0.4) is 0 Å². The molecule has 1 N–H and O–H groups in total. The van der Waals surface area contributed by atoms with Crippen molar-refractivity contribution in [2.45, 2.75) is 50.9 Å². The maximum Gasteiger partial charge on any atom is 0.330 e. The topological polar surface area (TPSA) is 55.8 Å². The van der Waals surface area contributed by atoms with Gasteiger partial charge in [0.1, 0.15) is 11.5 Å². The van der Waals surface area contributed by atoms with Gasteiger partial charge < -0.3 is 14.6 Å². The van der Waals surface area contributed by atoms with E-state index in [1.165, 1.54) is 44.6 Å². The van der Waals surface area contributed by atoms with Crippen molar-refractivity contribution in [1.82, 2.24) is 0 Å². The first kappa shape index (κ1) is 21.1. The van der Waals surface area contributed by atoms with Crippen LogP contribution in [0.2, 0.25) is 0 Å². The summed E-state index contributed by atoms with van der Waals surface area (Å²) in [4.78, 5) is 11.8. The van der Waals surface area contributed by atoms with Crippen LogP contribution in [-0.4, -0.2) is 24.8 Å². The van der Waals surface area contributed by atoms with Crippen LogP contribution in [-0.2, 0) is 14.9 Å². The van der Waals surface area contributed by atoms with Gasteiger partial charge in [-0.1, -0.05) is 12.1 Å². The molecular weight excluding hydrogens is 400 g/mol. The first-order chi connectivity index (χ1) is 15.5. The third-order valence-electron chi connectivity index (χ3n) is 7.85. The van der Waals surface area contributed by atoms with Gasteiger partial charge >= 0.3 is 5.97 Å². The minimum atomic E-state index is -0.367. The summed E-state index contributed by atoms with van der Waals surface area (Å²) >= 11 is 0. The lowest BCUT2D eigenvalue weighted by Gasteiger charge is -2.57. The lowest BCUT2D eigenvalue weighted by Crippen LogP contribution is -2.48. The number of methoxy groups -OCH3 is 1. The van der Waals surface area contributed by atoms with E-state index in [1.54, 1.807) is 20.1 Å². The van der Waals surface area contributed by atoms with Crippen LogP contribution in [0.1, 0.15) is 56.6 Å². The molecule has 4 aliphatic carbocycles. The summed E-state index contributed by atoms with van der Waals surface area (Å²) in [5.41, 5.74) is 4.21. The van der Waals surface area contributed by atoms with Gasteiger partial charge in [-0.15, -0.1) is 0 Å². The van der Waals surface area contributed by atoms with Crippen molar-refractivity contribution >= 4 is 12.0 Å². The highest BCUT2D eigenvalue weighted by Gasteiger charge is 2.52. The number of esters is 1. The second kappa shape index (κ2) is 8.31. The number of benzene rings is 2. The predicted octanol–water partition coefficient (Wildman–Crippen LogP) is 6.11. The Morgan fingerprint density at radius 3 is 2.28 bits per heavy atom. The number of phenolic OH excluding ortho intramolecular Hbond substituents is 1. The van der Waals surface area contributed by atoms with Crippen molar-refractivity contribution in [3.8, 4) is 22.6 Å². The number of hydrogen-bond acceptors (Lipinski definition) is 4. The van der Waals surface area contributed by atoms with Gasteiger partial charge in [0.25, 0.3) is 0 Å². The highest BCUT2D eigenvalue weighted by Crippen LogP contribution is 2.62. The van der Waals surface area contributed by atoms with Crippen LogP contribution >= 0.6 is 0 Å². The van der Waals surface area contributed by atoms with E-state index in [-0.39, 0.29) is 11.4 Å². The molecule has 0 aromatic heterocycles. The number of aromatic hydroxyl groups is 1. The van der Waals surface area contributed by atoms with Crippen LogP contribution in [0, 0.1) is 17.8 Å². The summed E-state index contributed by atoms with van der Waals surface area (Å²) in [5, 5.41) is 10.9. The van der Waals surface area contributed by atoms with Crippen LogP contribution in [0.25, 0.3) is 17.2 Å². The van der Waals surface area contributed by atoms with Gasteiger partial charge in [0.15, 0.2) is 0 Å². The van der Waals surface area contributed by atoms with E-state index in [0.717, 1.165) is 40.0 Å². The molecule has 2 aromatic carbocycles. The van der Waals surface area contributed by atoms with Crippen molar-refractivity contribution in [3.05, 3.63) is 53.6 Å². The minimum absolute atomic E-state index is 0.133. The van der Waals surface area contributed by atoms with Gasteiger partial charge in [-0.05, 0) is 110 Å². The number of rotatable bonds is 6. The molecule has 0 atom stereocenters. The lowest BCUT2D eigenvalue weighted by atomic mass is 9.48. The first-order valence-electron chi connectivity index (χ1n) is 11.9. The molecule has 0 heterocycles. The fourth-order valence-corrected chi connectivity index (χ4v) is 6.97. The van der Waals surface area contributed by atoms with Gasteiger partial charge in [-0.25, -0.2) is 4.79 Å². The standard InChI is InChI=1S/C28H32O4/c1-3-32-27(30)9-6-23-13-21(5-8-26(23)31-2)22-4-7-25(29)24(14-22)28-15-18-10-19(16-28)12-20(11-18)17-28/h4-9,13-14,18-20,29H,3,10-12,15-17H2,1-2H3. The van der Waals surface area contributed by atoms with E-state index in [2.05, 4.69) is 6.07 Å². The third-order valence-corrected chi connectivity index (χ3v) is 7.85. The average Bonchev–Trinajstić information content (AvgIpc) is 2.77. The van der Waals surface area contributed by atoms with Gasteiger partial charge in [-0.2, -0.15) is 0 Å². The van der Waals surface area contributed by atoms with Crippen LogP contribution in [0.15, 0.2) is 42.5 Å². The van der Waals surface area contributed by atoms with Gasteiger partial charge in [0.2, 0.25) is 0 Å². The molecule has 4 aliphatic rings. The lowest BCUT2D eigenvalue weighted by molar-refractivity contribution is -0.137. The number of ether oxygens (including phenoxy) is 2. The number of hydrogen-bond donors (Lipinski definition) is 1. The zero-order valence-electron chi connectivity index (χ0n) is 19.0. The van der Waals surface area contributed by atoms with E-state index in [4.69, 9.17) is 9.47 Å². The van der Waals surface area contributed by atoms with Crippen LogP contribution < -0.4 is 4.74 Å². The van der Waals surface area contributed by atoms with E-state index in [1.807, 2.05) is 30.3 Å². The smallest absolute Gasteiger partial charge is 0.330 e. The summed E-state index contributed by atoms with van der Waals surface area (Å²) in [6.07, 6.45) is 11.0. The zero-order chi connectivity index (χ0) is 22.3. The molecule has 4 fully saturated rings. The Kier molecular flexibility index (Phi) is 5.48. The molecule has 4 heteroatoms. The quantitative estimate of drug-likeness (QED) is 0.442. The summed E-state index contributed by atoms with van der Waals surface area (Å²) in [6, 6.07) is 12.1. The Labute approximate surface area is 190 Å². The van der Waals surface area contributed by atoms with Crippen molar-refractivity contribution in [1.29, 1.82) is 0 Å². The van der Waals surface area contributed by atoms with E-state index in [9.17, 15) is 9.90 Å². The Bertz CT molecular complexity index is 1020. The molecule has 0 spiro atoms. The Morgan fingerprint density at radius 1 is 1.03 bits per heavy atom. The molecule has 0 saturated heterocycles. The molecule has 0 aliphatic heterocycles. The van der Waals surface area contributed by atoms with Crippen LogP contribution in [0.5, 0.6) is 11.5 Å². The van der Waals surface area contributed by atoms with Gasteiger partial charge in [0.05, 0.1) is 13.7 Å².